The number of rotatable bonds is 9. The number of hydrogen-bond donors (Lipinski definition) is 1. The van der Waals surface area contributed by atoms with Crippen LogP contribution in [-0.2, 0) is 19.0 Å². The van der Waals surface area contributed by atoms with Gasteiger partial charge in [-0.3, -0.25) is 0 Å². The van der Waals surface area contributed by atoms with Gasteiger partial charge in [0.25, 0.3) is 0 Å². The Hall–Kier alpha value is -1.82. The third-order valence-corrected chi connectivity index (χ3v) is 4.45. The quantitative estimate of drug-likeness (QED) is 0.521. The summed E-state index contributed by atoms with van der Waals surface area (Å²) >= 11 is 6.00. The molecule has 1 aromatic rings. The summed E-state index contributed by atoms with van der Waals surface area (Å²) in [6.07, 6.45) is 3.99. The van der Waals surface area contributed by atoms with Crippen molar-refractivity contribution in [1.82, 2.24) is 0 Å². The van der Waals surface area contributed by atoms with E-state index >= 15 is 0 Å². The van der Waals surface area contributed by atoms with Crippen LogP contribution in [0.3, 0.4) is 0 Å². The van der Waals surface area contributed by atoms with E-state index < -0.39 is 12.3 Å². The molecule has 0 bridgehead atoms. The Morgan fingerprint density at radius 3 is 2.73 bits per heavy atom. The van der Waals surface area contributed by atoms with E-state index in [0.717, 1.165) is 5.56 Å². The van der Waals surface area contributed by atoms with Crippen molar-refractivity contribution >= 4 is 17.6 Å². The van der Waals surface area contributed by atoms with E-state index in [9.17, 15) is 9.90 Å². The fourth-order valence-corrected chi connectivity index (χ4v) is 3.15. The van der Waals surface area contributed by atoms with Crippen molar-refractivity contribution in [3.8, 4) is 0 Å². The average molecular weight is 381 g/mol. The molecule has 0 aromatic heterocycles. The predicted molar refractivity (Wildman–Crippen MR) is 99.7 cm³/mol. The van der Waals surface area contributed by atoms with E-state index in [1.807, 2.05) is 31.2 Å². The summed E-state index contributed by atoms with van der Waals surface area (Å²) in [5.74, 6) is -0.575. The minimum Gasteiger partial charge on any atom is -0.457 e. The number of aliphatic hydroxyl groups excluding tert-OH is 1. The van der Waals surface area contributed by atoms with Crippen molar-refractivity contribution < 1.29 is 24.1 Å². The fourth-order valence-electron chi connectivity index (χ4n) is 3.02. The van der Waals surface area contributed by atoms with E-state index in [-0.39, 0.29) is 30.8 Å². The van der Waals surface area contributed by atoms with E-state index in [0.29, 0.717) is 24.5 Å². The van der Waals surface area contributed by atoms with E-state index in [2.05, 4.69) is 6.58 Å². The van der Waals surface area contributed by atoms with Crippen LogP contribution in [0.5, 0.6) is 0 Å². The average Bonchev–Trinajstić information content (AvgIpc) is 2.65. The highest BCUT2D eigenvalue weighted by Gasteiger charge is 2.38. The molecule has 1 aliphatic heterocycles. The molecule has 2 rings (SSSR count). The number of aliphatic hydroxyl groups is 1. The lowest BCUT2D eigenvalue weighted by Crippen LogP contribution is -2.36. The highest BCUT2D eigenvalue weighted by atomic mass is 35.5. The van der Waals surface area contributed by atoms with E-state index in [1.165, 1.54) is 6.08 Å². The van der Waals surface area contributed by atoms with Crippen molar-refractivity contribution in [2.75, 3.05) is 19.8 Å². The minimum absolute atomic E-state index is 0.0424. The van der Waals surface area contributed by atoms with Gasteiger partial charge in [-0.1, -0.05) is 36.4 Å². The number of carbonyl (C=O) groups excluding carboxylic acids is 1. The van der Waals surface area contributed by atoms with Crippen LogP contribution in [0, 0.1) is 5.92 Å². The van der Waals surface area contributed by atoms with Crippen molar-refractivity contribution in [2.45, 2.75) is 32.0 Å². The highest BCUT2D eigenvalue weighted by molar-refractivity contribution is 6.30. The molecule has 0 saturated carbocycles. The molecule has 26 heavy (non-hydrogen) atoms. The zero-order valence-electron chi connectivity index (χ0n) is 14.9. The molecule has 0 amide bonds. The Morgan fingerprint density at radius 2 is 2.12 bits per heavy atom. The Kier molecular flexibility index (Phi) is 8.16. The third kappa shape index (κ3) is 5.34. The summed E-state index contributed by atoms with van der Waals surface area (Å²) in [7, 11) is 0. The molecule has 0 radical (unpaired) electrons. The second kappa shape index (κ2) is 10.4. The van der Waals surface area contributed by atoms with Crippen molar-refractivity contribution in [3.63, 3.8) is 0 Å². The molecule has 1 heterocycles. The first kappa shape index (κ1) is 20.5. The Balaban J connectivity index is 2.36. The zero-order chi connectivity index (χ0) is 18.9. The molecule has 1 aliphatic rings. The van der Waals surface area contributed by atoms with Crippen LogP contribution in [0.15, 0.2) is 48.8 Å². The number of hydrogen-bond acceptors (Lipinski definition) is 5. The monoisotopic (exact) mass is 380 g/mol. The molecule has 0 spiro atoms. The summed E-state index contributed by atoms with van der Waals surface area (Å²) in [5.41, 5.74) is 0.999. The van der Waals surface area contributed by atoms with Crippen LogP contribution in [0.4, 0.5) is 0 Å². The molecule has 0 unspecified atom stereocenters. The van der Waals surface area contributed by atoms with Gasteiger partial charge in [0.15, 0.2) is 0 Å². The third-order valence-electron chi connectivity index (χ3n) is 4.20. The molecular weight excluding hydrogens is 356 g/mol. The molecular formula is C20H25ClO5. The van der Waals surface area contributed by atoms with Crippen LogP contribution in [0.25, 0.3) is 0 Å². The maximum Gasteiger partial charge on any atom is 0.373 e. The molecule has 0 saturated heterocycles. The molecule has 0 aliphatic carbocycles. The molecule has 1 N–H and O–H groups in total. The second-order valence-electron chi connectivity index (χ2n) is 5.97. The van der Waals surface area contributed by atoms with Crippen molar-refractivity contribution in [3.05, 3.63) is 59.3 Å². The van der Waals surface area contributed by atoms with Gasteiger partial charge in [0.05, 0.1) is 0 Å². The molecule has 3 atom stereocenters. The first-order valence-corrected chi connectivity index (χ1v) is 9.12. The summed E-state index contributed by atoms with van der Waals surface area (Å²) in [4.78, 5) is 12.3. The number of esters is 1. The number of benzene rings is 1. The van der Waals surface area contributed by atoms with Gasteiger partial charge in [-0.25, -0.2) is 4.79 Å². The summed E-state index contributed by atoms with van der Waals surface area (Å²) in [6, 6.07) is 7.48. The summed E-state index contributed by atoms with van der Waals surface area (Å²) < 4.78 is 16.7. The van der Waals surface area contributed by atoms with Crippen molar-refractivity contribution in [2.24, 2.45) is 5.92 Å². The maximum atomic E-state index is 12.3. The normalized spacial score (nSPS) is 22.3. The van der Waals surface area contributed by atoms with Gasteiger partial charge in [0, 0.05) is 30.1 Å². The highest BCUT2D eigenvalue weighted by Crippen LogP contribution is 2.39. The first-order valence-electron chi connectivity index (χ1n) is 8.75. The Bertz CT molecular complexity index is 626. The minimum atomic E-state index is -0.594. The van der Waals surface area contributed by atoms with E-state index in [4.69, 9.17) is 25.8 Å². The van der Waals surface area contributed by atoms with Gasteiger partial charge in [-0.2, -0.15) is 0 Å². The number of halogens is 1. The van der Waals surface area contributed by atoms with Crippen LogP contribution in [0.1, 0.15) is 31.2 Å². The second-order valence-corrected chi connectivity index (χ2v) is 6.40. The summed E-state index contributed by atoms with van der Waals surface area (Å²) in [5, 5.41) is 9.89. The summed E-state index contributed by atoms with van der Waals surface area (Å²) in [6.45, 7) is 6.05. The lowest BCUT2D eigenvalue weighted by molar-refractivity contribution is -0.175. The zero-order valence-corrected chi connectivity index (χ0v) is 15.7. The lowest BCUT2D eigenvalue weighted by Gasteiger charge is -2.36. The predicted octanol–water partition coefficient (Wildman–Crippen LogP) is 3.82. The molecule has 0 fully saturated rings. The smallest absolute Gasteiger partial charge is 0.373 e. The van der Waals surface area contributed by atoms with E-state index in [1.54, 1.807) is 6.08 Å². The molecule has 142 valence electrons. The van der Waals surface area contributed by atoms with Crippen LogP contribution in [-0.4, -0.2) is 37.2 Å². The molecule has 1 aromatic carbocycles. The molecule has 6 heteroatoms. The largest absolute Gasteiger partial charge is 0.457 e. The van der Waals surface area contributed by atoms with Crippen LogP contribution >= 0.6 is 11.6 Å². The number of allylic oxidation sites excluding steroid dienone is 1. The van der Waals surface area contributed by atoms with Crippen LogP contribution < -0.4 is 0 Å². The number of carbonyl (C=O) groups is 1. The SMILES string of the molecule is C=CCOC(=O)C1=C[C@@H](c2ccc(Cl)cc2)[C@H](CCCO)[C@@H](OCC)O1. The lowest BCUT2D eigenvalue weighted by atomic mass is 9.80. The topological polar surface area (TPSA) is 65.0 Å². The fraction of sp³-hybridized carbons (Fsp3) is 0.450. The van der Waals surface area contributed by atoms with Crippen LogP contribution in [0.2, 0.25) is 5.02 Å². The molecule has 5 nitrogen and oxygen atoms in total. The first-order chi connectivity index (χ1) is 12.6. The Labute approximate surface area is 159 Å². The van der Waals surface area contributed by atoms with Gasteiger partial charge in [0.2, 0.25) is 12.0 Å². The van der Waals surface area contributed by atoms with Gasteiger partial charge >= 0.3 is 5.97 Å². The Morgan fingerprint density at radius 1 is 1.38 bits per heavy atom. The van der Waals surface area contributed by atoms with Gasteiger partial charge < -0.3 is 19.3 Å². The van der Waals surface area contributed by atoms with Crippen molar-refractivity contribution in [1.29, 1.82) is 0 Å². The maximum absolute atomic E-state index is 12.3. The van der Waals surface area contributed by atoms with Gasteiger partial charge in [-0.15, -0.1) is 0 Å². The number of ether oxygens (including phenoxy) is 3. The standard InChI is InChI=1S/C20H25ClO5/c1-3-12-25-19(23)18-13-17(14-7-9-15(21)10-8-14)16(6-5-11-22)20(26-18)24-4-2/h3,7-10,13,16-17,20,22H,1,4-6,11-12H2,2H3/t16-,17-,20-/m0/s1. The van der Waals surface area contributed by atoms with Gasteiger partial charge in [0.1, 0.15) is 6.61 Å². The van der Waals surface area contributed by atoms with Gasteiger partial charge in [-0.05, 0) is 43.5 Å².